The second kappa shape index (κ2) is 8.23. The van der Waals surface area contributed by atoms with Crippen molar-refractivity contribution >= 4 is 62.0 Å². The molecule has 0 bridgehead atoms. The number of rotatable bonds is 2. The SMILES string of the molecule is O=C1/C(=C\C2=CC3=C(C=C(N4c5ccccc5[Te]c5cccnc54)C3)C2)C(=O)c2c1ccc1ccccc21. The van der Waals surface area contributed by atoms with Crippen molar-refractivity contribution < 1.29 is 9.59 Å². The molecule has 4 aliphatic rings. The number of nitrogens with zero attached hydrogens (tertiary/aromatic N) is 2. The molecule has 4 aromatic rings. The first-order chi connectivity index (χ1) is 18.7. The maximum absolute atomic E-state index is 13.4. The van der Waals surface area contributed by atoms with E-state index in [0.717, 1.165) is 35.0 Å². The third kappa shape index (κ3) is 3.19. The summed E-state index contributed by atoms with van der Waals surface area (Å²) in [6.07, 6.45) is 9.67. The normalized spacial score (nSPS) is 18.5. The smallest absolute Gasteiger partial charge is 0.0616 e. The number of carbonyl (C=O) groups is 2. The Morgan fingerprint density at radius 1 is 0.789 bits per heavy atom. The molecular weight excluding hydrogens is 584 g/mol. The molecule has 180 valence electrons. The zero-order valence-electron chi connectivity index (χ0n) is 20.3. The van der Waals surface area contributed by atoms with E-state index in [-0.39, 0.29) is 17.1 Å². The summed E-state index contributed by atoms with van der Waals surface area (Å²) in [6, 6.07) is 24.4. The Morgan fingerprint density at radius 3 is 2.53 bits per heavy atom. The zero-order valence-corrected chi connectivity index (χ0v) is 22.6. The van der Waals surface area contributed by atoms with Crippen molar-refractivity contribution in [1.29, 1.82) is 0 Å². The fourth-order valence-electron chi connectivity index (χ4n) is 5.98. The maximum atomic E-state index is 13.4. The average molecular weight is 604 g/mol. The van der Waals surface area contributed by atoms with Gasteiger partial charge in [-0.25, -0.2) is 0 Å². The molecule has 8 rings (SSSR count). The van der Waals surface area contributed by atoms with Crippen molar-refractivity contribution in [2.24, 2.45) is 0 Å². The van der Waals surface area contributed by atoms with Gasteiger partial charge in [-0.05, 0) is 16.8 Å². The fraction of sp³-hybridized carbons (Fsp3) is 0.0606. The van der Waals surface area contributed by atoms with Gasteiger partial charge in [0.1, 0.15) is 0 Å². The van der Waals surface area contributed by atoms with E-state index in [0.29, 0.717) is 11.1 Å². The van der Waals surface area contributed by atoms with Crippen LogP contribution in [0.5, 0.6) is 0 Å². The van der Waals surface area contributed by atoms with Crippen LogP contribution in [-0.4, -0.2) is 37.5 Å². The van der Waals surface area contributed by atoms with Gasteiger partial charge in [0.25, 0.3) is 0 Å². The zero-order chi connectivity index (χ0) is 25.4. The molecule has 0 saturated carbocycles. The van der Waals surface area contributed by atoms with Crippen LogP contribution in [0.4, 0.5) is 11.5 Å². The van der Waals surface area contributed by atoms with E-state index >= 15 is 0 Å². The number of carbonyl (C=O) groups excluding carboxylic acids is 2. The number of pyridine rings is 1. The molecule has 1 aliphatic heterocycles. The number of Topliss-reactive ketones (excluding diaryl/α,β-unsaturated/α-hetero) is 2. The molecule has 0 fully saturated rings. The summed E-state index contributed by atoms with van der Waals surface area (Å²) in [7, 11) is 0. The molecule has 0 atom stereocenters. The third-order valence-corrected chi connectivity index (χ3v) is 10.8. The summed E-state index contributed by atoms with van der Waals surface area (Å²) in [4.78, 5) is 33.7. The average Bonchev–Trinajstić information content (AvgIpc) is 3.58. The molecule has 38 heavy (non-hydrogen) atoms. The minimum absolute atomic E-state index is 0.164. The van der Waals surface area contributed by atoms with E-state index in [9.17, 15) is 9.59 Å². The van der Waals surface area contributed by atoms with Crippen LogP contribution in [0.1, 0.15) is 33.6 Å². The van der Waals surface area contributed by atoms with Crippen molar-refractivity contribution in [3.8, 4) is 0 Å². The predicted octanol–water partition coefficient (Wildman–Crippen LogP) is 5.26. The van der Waals surface area contributed by atoms with Crippen molar-refractivity contribution in [2.75, 3.05) is 4.90 Å². The second-order valence-electron chi connectivity index (χ2n) is 9.91. The number of fused-ring (bicyclic) bond motifs is 5. The molecule has 0 N–H and O–H groups in total. The number of aromatic nitrogens is 1. The molecule has 3 aromatic carbocycles. The first-order valence-electron chi connectivity index (χ1n) is 12.6. The number of anilines is 2. The van der Waals surface area contributed by atoms with Crippen LogP contribution in [-0.2, 0) is 0 Å². The van der Waals surface area contributed by atoms with E-state index in [1.807, 2.05) is 48.7 Å². The summed E-state index contributed by atoms with van der Waals surface area (Å²) < 4.78 is 2.79. The minimum atomic E-state index is -0.473. The van der Waals surface area contributed by atoms with Gasteiger partial charge in [0.2, 0.25) is 0 Å². The molecule has 1 aromatic heterocycles. The Morgan fingerprint density at radius 2 is 1.61 bits per heavy atom. The molecule has 2 heterocycles. The molecule has 3 aliphatic carbocycles. The van der Waals surface area contributed by atoms with Gasteiger partial charge in [-0.1, -0.05) is 30.3 Å². The van der Waals surface area contributed by atoms with E-state index in [4.69, 9.17) is 4.98 Å². The first-order valence-corrected chi connectivity index (χ1v) is 15.0. The topological polar surface area (TPSA) is 50.3 Å². The van der Waals surface area contributed by atoms with Crippen LogP contribution in [0.3, 0.4) is 0 Å². The fourth-order valence-corrected chi connectivity index (χ4v) is 8.92. The Hall–Kier alpha value is -4.04. The van der Waals surface area contributed by atoms with Crippen molar-refractivity contribution in [1.82, 2.24) is 4.98 Å². The van der Waals surface area contributed by atoms with Crippen molar-refractivity contribution in [3.05, 3.63) is 136 Å². The third-order valence-electron chi connectivity index (χ3n) is 7.67. The number of ketones is 2. The Kier molecular flexibility index (Phi) is 4.76. The van der Waals surface area contributed by atoms with Gasteiger partial charge < -0.3 is 0 Å². The van der Waals surface area contributed by atoms with Crippen molar-refractivity contribution in [3.63, 3.8) is 0 Å². The number of hydrogen-bond donors (Lipinski definition) is 0. The second-order valence-corrected chi connectivity index (χ2v) is 13.0. The molecular formula is C33H20N2O2Te. The molecule has 0 unspecified atom stereocenters. The quantitative estimate of drug-likeness (QED) is 0.178. The van der Waals surface area contributed by atoms with Crippen LogP contribution in [0.15, 0.2) is 125 Å². The van der Waals surface area contributed by atoms with Gasteiger partial charge in [0, 0.05) is 0 Å². The molecule has 0 radical (unpaired) electrons. The standard InChI is InChI=1S/C33H20N2O2Te/c36-31-25-12-11-20-6-1-2-7-24(20)30(25)32(37)26(31)16-19-14-21-17-23(18-22(21)15-19)35-27-8-3-4-9-28(27)38-29-10-5-13-34-33(29)35/h1-14,16,18H,15,17H2/b26-16+. The van der Waals surface area contributed by atoms with Gasteiger partial charge in [-0.15, -0.1) is 0 Å². The number of hydrogen-bond acceptors (Lipinski definition) is 4. The predicted molar refractivity (Wildman–Crippen MR) is 151 cm³/mol. The molecule has 0 spiro atoms. The minimum Gasteiger partial charge on any atom is -0.0616 e. The molecule has 0 amide bonds. The van der Waals surface area contributed by atoms with Gasteiger partial charge in [-0.3, -0.25) is 0 Å². The Labute approximate surface area is 229 Å². The summed E-state index contributed by atoms with van der Waals surface area (Å²) in [5, 5.41) is 1.82. The van der Waals surface area contributed by atoms with Gasteiger partial charge in [0.05, 0.1) is 0 Å². The first kappa shape index (κ1) is 22.0. The summed E-state index contributed by atoms with van der Waals surface area (Å²) >= 11 is -0.473. The van der Waals surface area contributed by atoms with Gasteiger partial charge >= 0.3 is 183 Å². The summed E-state index contributed by atoms with van der Waals surface area (Å²) in [5.74, 6) is 0.721. The number of allylic oxidation sites excluding steroid dienone is 7. The van der Waals surface area contributed by atoms with Crippen LogP contribution in [0.2, 0.25) is 0 Å². The summed E-state index contributed by atoms with van der Waals surface area (Å²) in [5.41, 5.74) is 7.33. The molecule has 4 nitrogen and oxygen atoms in total. The number of benzene rings is 3. The number of para-hydroxylation sites is 1. The van der Waals surface area contributed by atoms with E-state index in [1.165, 1.54) is 29.8 Å². The van der Waals surface area contributed by atoms with Crippen molar-refractivity contribution in [2.45, 2.75) is 12.8 Å². The van der Waals surface area contributed by atoms with Crippen LogP contribution < -0.4 is 12.1 Å². The van der Waals surface area contributed by atoms with E-state index < -0.39 is 20.9 Å². The molecule has 0 saturated heterocycles. The van der Waals surface area contributed by atoms with E-state index in [2.05, 4.69) is 47.4 Å². The Balaban J connectivity index is 1.10. The summed E-state index contributed by atoms with van der Waals surface area (Å²) in [6.45, 7) is 0. The van der Waals surface area contributed by atoms with Crippen LogP contribution in [0.25, 0.3) is 10.8 Å². The molecule has 5 heteroatoms. The van der Waals surface area contributed by atoms with Crippen LogP contribution in [0, 0.1) is 0 Å². The van der Waals surface area contributed by atoms with Gasteiger partial charge in [0.15, 0.2) is 0 Å². The Bertz CT molecular complexity index is 1850. The van der Waals surface area contributed by atoms with Gasteiger partial charge in [-0.2, -0.15) is 0 Å². The van der Waals surface area contributed by atoms with Crippen LogP contribution >= 0.6 is 0 Å². The van der Waals surface area contributed by atoms with E-state index in [1.54, 1.807) is 6.07 Å². The monoisotopic (exact) mass is 606 g/mol.